The Morgan fingerprint density at radius 3 is 2.73 bits per heavy atom. The standard InChI is InChI=1S/C15H24N4O3/c1-17(9-5-4-6-15(22)7-8-15)14(21)12-13(19(3)11-20)16-10-18(12)2/h10-11,22H,4-9H2,1-3H3. The molecule has 1 aliphatic carbocycles. The van der Waals surface area contributed by atoms with E-state index >= 15 is 0 Å². The quantitative estimate of drug-likeness (QED) is 0.568. The predicted molar refractivity (Wildman–Crippen MR) is 82.7 cm³/mol. The number of amides is 2. The second kappa shape index (κ2) is 6.48. The molecule has 1 saturated carbocycles. The molecule has 0 saturated heterocycles. The first-order valence-corrected chi connectivity index (χ1v) is 7.55. The van der Waals surface area contributed by atoms with Crippen LogP contribution >= 0.6 is 0 Å². The van der Waals surface area contributed by atoms with Crippen LogP contribution < -0.4 is 4.90 Å². The van der Waals surface area contributed by atoms with Crippen LogP contribution in [0.5, 0.6) is 0 Å². The highest BCUT2D eigenvalue weighted by molar-refractivity contribution is 5.99. The number of aromatic nitrogens is 2. The molecule has 0 atom stereocenters. The molecule has 22 heavy (non-hydrogen) atoms. The number of anilines is 1. The van der Waals surface area contributed by atoms with Crippen LogP contribution in [-0.4, -0.2) is 58.1 Å². The number of rotatable bonds is 8. The number of hydrogen-bond acceptors (Lipinski definition) is 4. The van der Waals surface area contributed by atoms with Gasteiger partial charge in [-0.1, -0.05) is 0 Å². The van der Waals surface area contributed by atoms with Crippen molar-refractivity contribution in [1.29, 1.82) is 0 Å². The van der Waals surface area contributed by atoms with Crippen LogP contribution in [0.1, 0.15) is 42.6 Å². The third-order valence-electron chi connectivity index (χ3n) is 4.17. The van der Waals surface area contributed by atoms with E-state index in [9.17, 15) is 14.7 Å². The van der Waals surface area contributed by atoms with E-state index in [0.717, 1.165) is 32.1 Å². The van der Waals surface area contributed by atoms with Gasteiger partial charge in [-0.2, -0.15) is 0 Å². The predicted octanol–water partition coefficient (Wildman–Crippen LogP) is 0.780. The summed E-state index contributed by atoms with van der Waals surface area (Å²) in [5.41, 5.74) is -0.0253. The molecule has 1 N–H and O–H groups in total. The van der Waals surface area contributed by atoms with Crippen molar-refractivity contribution in [2.45, 2.75) is 37.7 Å². The minimum atomic E-state index is -0.426. The maximum absolute atomic E-state index is 12.5. The van der Waals surface area contributed by atoms with Crippen molar-refractivity contribution in [3.05, 3.63) is 12.0 Å². The summed E-state index contributed by atoms with van der Waals surface area (Å²) in [7, 11) is 5.05. The number of carbonyl (C=O) groups excluding carboxylic acids is 2. The first kappa shape index (κ1) is 16.5. The van der Waals surface area contributed by atoms with Crippen molar-refractivity contribution < 1.29 is 14.7 Å². The second-order valence-corrected chi connectivity index (χ2v) is 6.15. The second-order valence-electron chi connectivity index (χ2n) is 6.15. The lowest BCUT2D eigenvalue weighted by Crippen LogP contribution is -2.31. The molecule has 1 aromatic rings. The van der Waals surface area contributed by atoms with E-state index in [1.807, 2.05) is 0 Å². The lowest BCUT2D eigenvalue weighted by Gasteiger charge is -2.19. The molecule has 0 spiro atoms. The summed E-state index contributed by atoms with van der Waals surface area (Å²) in [6.45, 7) is 0.615. The van der Waals surface area contributed by atoms with Gasteiger partial charge in [0.05, 0.1) is 11.9 Å². The Morgan fingerprint density at radius 2 is 2.14 bits per heavy atom. The summed E-state index contributed by atoms with van der Waals surface area (Å²) in [6, 6.07) is 0. The van der Waals surface area contributed by atoms with Crippen LogP contribution in [-0.2, 0) is 11.8 Å². The number of aliphatic hydroxyl groups is 1. The summed E-state index contributed by atoms with van der Waals surface area (Å²) >= 11 is 0. The lowest BCUT2D eigenvalue weighted by atomic mass is 10.1. The van der Waals surface area contributed by atoms with Crippen molar-refractivity contribution in [3.8, 4) is 0 Å². The van der Waals surface area contributed by atoms with E-state index in [2.05, 4.69) is 4.98 Å². The maximum atomic E-state index is 12.5. The third kappa shape index (κ3) is 3.65. The molecule has 0 radical (unpaired) electrons. The van der Waals surface area contributed by atoms with E-state index in [1.165, 1.54) is 11.2 Å². The van der Waals surface area contributed by atoms with Gasteiger partial charge in [-0.3, -0.25) is 9.59 Å². The fraction of sp³-hybridized carbons (Fsp3) is 0.667. The molecular weight excluding hydrogens is 284 g/mol. The highest BCUT2D eigenvalue weighted by atomic mass is 16.3. The van der Waals surface area contributed by atoms with E-state index in [0.29, 0.717) is 24.5 Å². The summed E-state index contributed by atoms with van der Waals surface area (Å²) in [6.07, 6.45) is 6.52. The van der Waals surface area contributed by atoms with E-state index in [4.69, 9.17) is 0 Å². The van der Waals surface area contributed by atoms with Gasteiger partial charge in [0.2, 0.25) is 6.41 Å². The Kier molecular flexibility index (Phi) is 4.85. The smallest absolute Gasteiger partial charge is 0.274 e. The van der Waals surface area contributed by atoms with Crippen LogP contribution in [0.15, 0.2) is 6.33 Å². The van der Waals surface area contributed by atoms with Gasteiger partial charge in [0.1, 0.15) is 0 Å². The number of unbranched alkanes of at least 4 members (excludes halogenated alkanes) is 1. The first-order chi connectivity index (χ1) is 10.4. The van der Waals surface area contributed by atoms with Gasteiger partial charge in [0.15, 0.2) is 11.5 Å². The van der Waals surface area contributed by atoms with Gasteiger partial charge >= 0.3 is 0 Å². The van der Waals surface area contributed by atoms with Gasteiger partial charge < -0.3 is 19.5 Å². The van der Waals surface area contributed by atoms with Gasteiger partial charge in [0, 0.05) is 27.7 Å². The molecule has 1 heterocycles. The molecule has 0 bridgehead atoms. The molecule has 1 fully saturated rings. The first-order valence-electron chi connectivity index (χ1n) is 7.55. The minimum Gasteiger partial charge on any atom is -0.390 e. The van der Waals surface area contributed by atoms with Crippen LogP contribution in [0.4, 0.5) is 5.82 Å². The zero-order valence-corrected chi connectivity index (χ0v) is 13.4. The Hall–Kier alpha value is -1.89. The third-order valence-corrected chi connectivity index (χ3v) is 4.17. The summed E-state index contributed by atoms with van der Waals surface area (Å²) < 4.78 is 1.63. The molecule has 2 amide bonds. The molecule has 2 rings (SSSR count). The molecule has 0 aliphatic heterocycles. The SMILES string of the molecule is CN(CCCCC1(O)CC1)C(=O)c1c(N(C)C=O)ncn1C. The average molecular weight is 308 g/mol. The summed E-state index contributed by atoms with van der Waals surface area (Å²) in [5, 5.41) is 9.78. The van der Waals surface area contributed by atoms with Crippen LogP contribution in [0, 0.1) is 0 Å². The van der Waals surface area contributed by atoms with Crippen molar-refractivity contribution in [1.82, 2.24) is 14.5 Å². The van der Waals surface area contributed by atoms with Crippen molar-refractivity contribution in [2.24, 2.45) is 7.05 Å². The summed E-state index contributed by atoms with van der Waals surface area (Å²) in [4.78, 5) is 30.5. The molecule has 7 nitrogen and oxygen atoms in total. The number of imidazole rings is 1. The van der Waals surface area contributed by atoms with Gasteiger partial charge in [-0.05, 0) is 32.1 Å². The minimum absolute atomic E-state index is 0.158. The average Bonchev–Trinajstić information content (AvgIpc) is 3.11. The topological polar surface area (TPSA) is 78.7 Å². The molecule has 7 heteroatoms. The number of hydrogen-bond donors (Lipinski definition) is 1. The maximum Gasteiger partial charge on any atom is 0.274 e. The molecule has 0 aromatic carbocycles. The number of carbonyl (C=O) groups is 2. The number of aryl methyl sites for hydroxylation is 1. The van der Waals surface area contributed by atoms with Crippen molar-refractivity contribution >= 4 is 18.1 Å². The fourth-order valence-electron chi connectivity index (χ4n) is 2.45. The fourth-order valence-corrected chi connectivity index (χ4v) is 2.45. The van der Waals surface area contributed by atoms with Crippen LogP contribution in [0.2, 0.25) is 0 Å². The molecule has 1 aliphatic rings. The lowest BCUT2D eigenvalue weighted by molar-refractivity contribution is -0.107. The monoisotopic (exact) mass is 308 g/mol. The zero-order valence-electron chi connectivity index (χ0n) is 13.4. The Morgan fingerprint density at radius 1 is 1.45 bits per heavy atom. The zero-order chi connectivity index (χ0) is 16.3. The van der Waals surface area contributed by atoms with Gasteiger partial charge in [-0.25, -0.2) is 4.98 Å². The van der Waals surface area contributed by atoms with Crippen molar-refractivity contribution in [3.63, 3.8) is 0 Å². The Balaban J connectivity index is 1.92. The van der Waals surface area contributed by atoms with Crippen LogP contribution in [0.25, 0.3) is 0 Å². The van der Waals surface area contributed by atoms with E-state index < -0.39 is 5.60 Å². The van der Waals surface area contributed by atoms with Crippen LogP contribution in [0.3, 0.4) is 0 Å². The number of nitrogens with zero attached hydrogens (tertiary/aromatic N) is 4. The molecule has 122 valence electrons. The molecule has 0 unspecified atom stereocenters. The molecular formula is C15H24N4O3. The van der Waals surface area contributed by atoms with Crippen molar-refractivity contribution in [2.75, 3.05) is 25.5 Å². The Bertz CT molecular complexity index is 551. The van der Waals surface area contributed by atoms with Gasteiger partial charge in [-0.15, -0.1) is 0 Å². The largest absolute Gasteiger partial charge is 0.390 e. The molecule has 1 aromatic heterocycles. The summed E-state index contributed by atoms with van der Waals surface area (Å²) in [5.74, 6) is 0.204. The van der Waals surface area contributed by atoms with Gasteiger partial charge in [0.25, 0.3) is 5.91 Å². The normalized spacial score (nSPS) is 15.5. The highest BCUT2D eigenvalue weighted by Crippen LogP contribution is 2.39. The van der Waals surface area contributed by atoms with E-state index in [-0.39, 0.29) is 5.91 Å². The highest BCUT2D eigenvalue weighted by Gasteiger charge is 2.39. The van der Waals surface area contributed by atoms with E-state index in [1.54, 1.807) is 30.6 Å². The Labute approximate surface area is 130 Å².